The number of carbonyl (C=O) groups is 1. The number of hydrogen-bond acceptors (Lipinski definition) is 4. The maximum Gasteiger partial charge on any atom is 0.159 e. The second kappa shape index (κ2) is 8.00. The summed E-state index contributed by atoms with van der Waals surface area (Å²) in [4.78, 5) is 11.5. The van der Waals surface area contributed by atoms with Gasteiger partial charge in [0.25, 0.3) is 0 Å². The largest absolute Gasteiger partial charge is 0.494 e. The van der Waals surface area contributed by atoms with E-state index in [-0.39, 0.29) is 5.78 Å². The normalized spacial score (nSPS) is 9.96. The minimum Gasteiger partial charge on any atom is -0.494 e. The zero-order valence-electron chi connectivity index (χ0n) is 13.4. The van der Waals surface area contributed by atoms with Gasteiger partial charge in [-0.1, -0.05) is 18.2 Å². The zero-order valence-corrected chi connectivity index (χ0v) is 13.4. The van der Waals surface area contributed by atoms with Crippen LogP contribution in [-0.4, -0.2) is 18.9 Å². The third-order valence-corrected chi connectivity index (χ3v) is 3.53. The highest BCUT2D eigenvalue weighted by Crippen LogP contribution is 2.20. The molecule has 0 bridgehead atoms. The Labute approximate surface area is 136 Å². The highest BCUT2D eigenvalue weighted by molar-refractivity contribution is 5.95. The van der Waals surface area contributed by atoms with E-state index in [4.69, 9.17) is 4.74 Å². The first kappa shape index (κ1) is 16.6. The Balaban J connectivity index is 2.08. The Morgan fingerprint density at radius 1 is 1.26 bits per heavy atom. The fourth-order valence-corrected chi connectivity index (χ4v) is 2.35. The second-order valence-electron chi connectivity index (χ2n) is 5.15. The van der Waals surface area contributed by atoms with E-state index in [0.717, 1.165) is 17.7 Å². The number of anilines is 1. The molecule has 0 saturated carbocycles. The van der Waals surface area contributed by atoms with Gasteiger partial charge < -0.3 is 10.1 Å². The summed E-state index contributed by atoms with van der Waals surface area (Å²) in [5.41, 5.74) is 2.94. The zero-order chi connectivity index (χ0) is 16.7. The van der Waals surface area contributed by atoms with Crippen LogP contribution in [0.15, 0.2) is 42.5 Å². The molecular weight excluding hydrogens is 288 g/mol. The number of nitriles is 1. The van der Waals surface area contributed by atoms with E-state index < -0.39 is 0 Å². The monoisotopic (exact) mass is 308 g/mol. The Morgan fingerprint density at radius 2 is 2.04 bits per heavy atom. The molecule has 0 radical (unpaired) electrons. The maximum atomic E-state index is 11.5. The number of benzene rings is 2. The van der Waals surface area contributed by atoms with Crippen molar-refractivity contribution in [3.05, 3.63) is 59.2 Å². The van der Waals surface area contributed by atoms with Crippen LogP contribution in [-0.2, 0) is 6.42 Å². The van der Waals surface area contributed by atoms with E-state index in [9.17, 15) is 10.1 Å². The molecule has 2 aromatic carbocycles. The van der Waals surface area contributed by atoms with Crippen LogP contribution in [0.25, 0.3) is 0 Å². The molecule has 0 aliphatic carbocycles. The fourth-order valence-electron chi connectivity index (χ4n) is 2.35. The van der Waals surface area contributed by atoms with Crippen LogP contribution in [0, 0.1) is 11.3 Å². The molecule has 0 fully saturated rings. The summed E-state index contributed by atoms with van der Waals surface area (Å²) in [6.07, 6.45) is 0.769. The maximum absolute atomic E-state index is 11.5. The lowest BCUT2D eigenvalue weighted by Crippen LogP contribution is -2.08. The van der Waals surface area contributed by atoms with E-state index in [1.165, 1.54) is 6.92 Å². The average Bonchev–Trinajstić information content (AvgIpc) is 2.56. The third kappa shape index (κ3) is 4.33. The summed E-state index contributed by atoms with van der Waals surface area (Å²) in [5, 5.41) is 12.4. The standard InChI is InChI=1S/C19H20N2O2/c1-3-23-19-7-5-4-6-15(19)10-11-21-18-12-16(14(2)22)8-9-17(18)13-20/h4-9,12,21H,3,10-11H2,1-2H3. The van der Waals surface area contributed by atoms with Gasteiger partial charge in [-0.3, -0.25) is 4.79 Å². The second-order valence-corrected chi connectivity index (χ2v) is 5.15. The molecule has 0 unspecified atom stereocenters. The molecule has 23 heavy (non-hydrogen) atoms. The van der Waals surface area contributed by atoms with Gasteiger partial charge in [0.15, 0.2) is 5.78 Å². The van der Waals surface area contributed by atoms with E-state index >= 15 is 0 Å². The summed E-state index contributed by atoms with van der Waals surface area (Å²) < 4.78 is 5.61. The molecule has 4 heteroatoms. The first-order valence-electron chi connectivity index (χ1n) is 7.65. The molecule has 0 spiro atoms. The van der Waals surface area contributed by atoms with Crippen molar-refractivity contribution in [2.75, 3.05) is 18.5 Å². The first-order valence-corrected chi connectivity index (χ1v) is 7.65. The predicted octanol–water partition coefficient (Wildman–Crippen LogP) is 3.81. The number of rotatable bonds is 7. The number of hydrogen-bond donors (Lipinski definition) is 1. The third-order valence-electron chi connectivity index (χ3n) is 3.53. The molecule has 0 aromatic heterocycles. The van der Waals surface area contributed by atoms with Crippen molar-refractivity contribution < 1.29 is 9.53 Å². The van der Waals surface area contributed by atoms with Crippen molar-refractivity contribution in [2.24, 2.45) is 0 Å². The summed E-state index contributed by atoms with van der Waals surface area (Å²) in [7, 11) is 0. The fraction of sp³-hybridized carbons (Fsp3) is 0.263. The van der Waals surface area contributed by atoms with Gasteiger partial charge in [-0.15, -0.1) is 0 Å². The van der Waals surface area contributed by atoms with Crippen molar-refractivity contribution in [3.8, 4) is 11.8 Å². The molecule has 0 aliphatic heterocycles. The van der Waals surface area contributed by atoms with Crippen molar-refractivity contribution in [1.82, 2.24) is 0 Å². The minimum atomic E-state index is -0.0146. The van der Waals surface area contributed by atoms with Crippen molar-refractivity contribution in [2.45, 2.75) is 20.3 Å². The van der Waals surface area contributed by atoms with Crippen LogP contribution in [0.4, 0.5) is 5.69 Å². The van der Waals surface area contributed by atoms with Crippen molar-refractivity contribution in [3.63, 3.8) is 0 Å². The molecule has 0 atom stereocenters. The number of nitrogens with zero attached hydrogens (tertiary/aromatic N) is 1. The number of nitrogens with one attached hydrogen (secondary N) is 1. The van der Waals surface area contributed by atoms with E-state index in [1.807, 2.05) is 31.2 Å². The van der Waals surface area contributed by atoms with E-state index in [2.05, 4.69) is 11.4 Å². The van der Waals surface area contributed by atoms with E-state index in [0.29, 0.717) is 30.0 Å². The molecule has 0 aliphatic rings. The van der Waals surface area contributed by atoms with Crippen molar-refractivity contribution >= 4 is 11.5 Å². The van der Waals surface area contributed by atoms with Gasteiger partial charge in [-0.05, 0) is 50.1 Å². The molecule has 2 aromatic rings. The van der Waals surface area contributed by atoms with Crippen molar-refractivity contribution in [1.29, 1.82) is 5.26 Å². The van der Waals surface area contributed by atoms with Crippen LogP contribution in [0.3, 0.4) is 0 Å². The van der Waals surface area contributed by atoms with Gasteiger partial charge in [-0.2, -0.15) is 5.26 Å². The quantitative estimate of drug-likeness (QED) is 0.790. The minimum absolute atomic E-state index is 0.0146. The SMILES string of the molecule is CCOc1ccccc1CCNc1cc(C(C)=O)ccc1C#N. The highest BCUT2D eigenvalue weighted by Gasteiger charge is 2.07. The van der Waals surface area contributed by atoms with Gasteiger partial charge in [0.1, 0.15) is 11.8 Å². The lowest BCUT2D eigenvalue weighted by Gasteiger charge is -2.12. The smallest absolute Gasteiger partial charge is 0.159 e. The summed E-state index contributed by atoms with van der Waals surface area (Å²) in [6, 6.07) is 15.1. The summed E-state index contributed by atoms with van der Waals surface area (Å²) in [5.74, 6) is 0.869. The van der Waals surface area contributed by atoms with Crippen LogP contribution in [0.1, 0.15) is 35.3 Å². The van der Waals surface area contributed by atoms with Gasteiger partial charge in [0.2, 0.25) is 0 Å². The number of para-hydroxylation sites is 1. The predicted molar refractivity (Wildman–Crippen MR) is 91.0 cm³/mol. The number of carbonyl (C=O) groups excluding carboxylic acids is 1. The van der Waals surface area contributed by atoms with Crippen LogP contribution < -0.4 is 10.1 Å². The summed E-state index contributed by atoms with van der Waals surface area (Å²) in [6.45, 7) is 4.76. The molecule has 0 amide bonds. The van der Waals surface area contributed by atoms with Gasteiger partial charge in [-0.25, -0.2) is 0 Å². The topological polar surface area (TPSA) is 62.1 Å². The lowest BCUT2D eigenvalue weighted by atomic mass is 10.1. The Bertz CT molecular complexity index is 732. The Kier molecular flexibility index (Phi) is 5.76. The molecule has 2 rings (SSSR count). The molecule has 4 nitrogen and oxygen atoms in total. The van der Waals surface area contributed by atoms with Crippen LogP contribution >= 0.6 is 0 Å². The highest BCUT2D eigenvalue weighted by atomic mass is 16.5. The molecule has 118 valence electrons. The Hall–Kier alpha value is -2.80. The van der Waals surface area contributed by atoms with E-state index in [1.54, 1.807) is 18.2 Å². The average molecular weight is 308 g/mol. The Morgan fingerprint density at radius 3 is 2.74 bits per heavy atom. The summed E-state index contributed by atoms with van der Waals surface area (Å²) >= 11 is 0. The van der Waals surface area contributed by atoms with Gasteiger partial charge >= 0.3 is 0 Å². The molecule has 1 N–H and O–H groups in total. The van der Waals surface area contributed by atoms with Gasteiger partial charge in [0.05, 0.1) is 17.9 Å². The molecule has 0 heterocycles. The first-order chi connectivity index (χ1) is 11.2. The molecule has 0 saturated heterocycles. The lowest BCUT2D eigenvalue weighted by molar-refractivity contribution is 0.101. The molecular formula is C19H20N2O2. The number of ether oxygens (including phenoxy) is 1. The van der Waals surface area contributed by atoms with Crippen LogP contribution in [0.2, 0.25) is 0 Å². The van der Waals surface area contributed by atoms with Crippen LogP contribution in [0.5, 0.6) is 5.75 Å². The van der Waals surface area contributed by atoms with Gasteiger partial charge in [0, 0.05) is 12.1 Å². The number of Topliss-reactive ketones (excluding diaryl/α,β-unsaturated/α-hetero) is 1. The number of ketones is 1.